The Labute approximate surface area is 334 Å². The van der Waals surface area contributed by atoms with Gasteiger partial charge in [0.05, 0.1) is 0 Å². The summed E-state index contributed by atoms with van der Waals surface area (Å²) in [5.41, 5.74) is 0. The van der Waals surface area contributed by atoms with Gasteiger partial charge in [-0.05, 0) is 77.0 Å². The van der Waals surface area contributed by atoms with E-state index in [9.17, 15) is 14.4 Å². The van der Waals surface area contributed by atoms with Gasteiger partial charge in [-0.15, -0.1) is 0 Å². The molecule has 0 fully saturated rings. The second-order valence-corrected chi connectivity index (χ2v) is 15.3. The van der Waals surface area contributed by atoms with Crippen molar-refractivity contribution in [3.05, 3.63) is 36.5 Å². The number of carbonyl (C=O) groups is 3. The third kappa shape index (κ3) is 40.8. The smallest absolute Gasteiger partial charge is 0.306 e. The Morgan fingerprint density at radius 3 is 1.07 bits per heavy atom. The minimum atomic E-state index is -0.776. The first-order valence-electron chi connectivity index (χ1n) is 23.0. The van der Waals surface area contributed by atoms with E-state index in [1.807, 2.05) is 0 Å². The van der Waals surface area contributed by atoms with E-state index in [1.165, 1.54) is 103 Å². The third-order valence-electron chi connectivity index (χ3n) is 9.87. The van der Waals surface area contributed by atoms with Crippen LogP contribution in [-0.2, 0) is 28.6 Å². The Bertz CT molecular complexity index is 922. The fourth-order valence-corrected chi connectivity index (χ4v) is 6.35. The third-order valence-corrected chi connectivity index (χ3v) is 9.87. The van der Waals surface area contributed by atoms with Crippen LogP contribution < -0.4 is 0 Å². The summed E-state index contributed by atoms with van der Waals surface area (Å²) in [7, 11) is 0. The number of ether oxygens (including phenoxy) is 3. The molecule has 0 spiro atoms. The summed E-state index contributed by atoms with van der Waals surface area (Å²) in [4.78, 5) is 37.7. The lowest BCUT2D eigenvalue weighted by molar-refractivity contribution is -0.167. The minimum absolute atomic E-state index is 0.0784. The molecule has 314 valence electrons. The molecule has 6 nitrogen and oxygen atoms in total. The quantitative estimate of drug-likeness (QED) is 0.0267. The Balaban J connectivity index is 4.37. The summed E-state index contributed by atoms with van der Waals surface area (Å²) in [6.45, 7) is 6.54. The van der Waals surface area contributed by atoms with Gasteiger partial charge in [0.1, 0.15) is 13.2 Å². The van der Waals surface area contributed by atoms with Crippen LogP contribution in [0.3, 0.4) is 0 Å². The first kappa shape index (κ1) is 51.6. The lowest BCUT2D eigenvalue weighted by atomic mass is 10.1. The number of hydrogen-bond acceptors (Lipinski definition) is 6. The summed E-state index contributed by atoms with van der Waals surface area (Å²) in [5.74, 6) is -0.903. The Kier molecular flexibility index (Phi) is 41.5. The summed E-state index contributed by atoms with van der Waals surface area (Å²) in [6.07, 6.45) is 48.4. The van der Waals surface area contributed by atoms with Gasteiger partial charge in [-0.3, -0.25) is 14.4 Å². The predicted octanol–water partition coefficient (Wildman–Crippen LogP) is 14.6. The molecule has 0 aliphatic heterocycles. The van der Waals surface area contributed by atoms with Crippen LogP contribution in [0.25, 0.3) is 0 Å². The van der Waals surface area contributed by atoms with Gasteiger partial charge in [0, 0.05) is 19.3 Å². The van der Waals surface area contributed by atoms with Crippen LogP contribution in [0.15, 0.2) is 36.5 Å². The molecule has 0 saturated heterocycles. The molecule has 0 amide bonds. The van der Waals surface area contributed by atoms with Crippen LogP contribution in [0.2, 0.25) is 0 Å². The van der Waals surface area contributed by atoms with Crippen LogP contribution in [0.4, 0.5) is 0 Å². The highest BCUT2D eigenvalue weighted by Crippen LogP contribution is 2.14. The van der Waals surface area contributed by atoms with Gasteiger partial charge in [-0.2, -0.15) is 0 Å². The molecule has 0 N–H and O–H groups in total. The second-order valence-electron chi connectivity index (χ2n) is 15.3. The van der Waals surface area contributed by atoms with Gasteiger partial charge in [0.2, 0.25) is 0 Å². The Morgan fingerprint density at radius 1 is 0.370 bits per heavy atom. The van der Waals surface area contributed by atoms with Gasteiger partial charge in [-0.25, -0.2) is 0 Å². The van der Waals surface area contributed by atoms with Crippen molar-refractivity contribution in [3.63, 3.8) is 0 Å². The molecule has 0 aromatic heterocycles. The highest BCUT2D eigenvalue weighted by molar-refractivity contribution is 5.71. The number of carbonyl (C=O) groups excluding carboxylic acids is 3. The maximum absolute atomic E-state index is 12.7. The molecule has 1 atom stereocenters. The largest absolute Gasteiger partial charge is 0.462 e. The van der Waals surface area contributed by atoms with Crippen LogP contribution in [-0.4, -0.2) is 37.2 Å². The normalized spacial score (nSPS) is 12.3. The zero-order chi connectivity index (χ0) is 39.4. The molecule has 0 heterocycles. The molecule has 0 saturated carbocycles. The maximum Gasteiger partial charge on any atom is 0.306 e. The highest BCUT2D eigenvalue weighted by atomic mass is 16.6. The second kappa shape index (κ2) is 43.4. The fourth-order valence-electron chi connectivity index (χ4n) is 6.35. The van der Waals surface area contributed by atoms with Gasteiger partial charge < -0.3 is 14.2 Å². The van der Waals surface area contributed by atoms with Crippen molar-refractivity contribution in [1.82, 2.24) is 0 Å². The summed E-state index contributed by atoms with van der Waals surface area (Å²) < 4.78 is 16.7. The van der Waals surface area contributed by atoms with Gasteiger partial charge >= 0.3 is 17.9 Å². The monoisotopic (exact) mass is 759 g/mol. The van der Waals surface area contributed by atoms with Crippen molar-refractivity contribution in [1.29, 1.82) is 0 Å². The molecule has 0 radical (unpaired) electrons. The van der Waals surface area contributed by atoms with Crippen LogP contribution in [0.5, 0.6) is 0 Å². The van der Waals surface area contributed by atoms with Gasteiger partial charge in [0.25, 0.3) is 0 Å². The van der Waals surface area contributed by atoms with E-state index in [4.69, 9.17) is 14.2 Å². The maximum atomic E-state index is 12.7. The number of esters is 3. The zero-order valence-electron chi connectivity index (χ0n) is 35.7. The number of allylic oxidation sites excluding steroid dienone is 6. The van der Waals surface area contributed by atoms with Crippen molar-refractivity contribution < 1.29 is 28.6 Å². The first-order valence-corrected chi connectivity index (χ1v) is 23.0. The topological polar surface area (TPSA) is 78.9 Å². The number of hydrogen-bond donors (Lipinski definition) is 0. The van der Waals surface area contributed by atoms with Crippen molar-refractivity contribution in [2.75, 3.05) is 13.2 Å². The molecule has 1 unspecified atom stereocenters. The van der Waals surface area contributed by atoms with Gasteiger partial charge in [0.15, 0.2) is 6.10 Å². The van der Waals surface area contributed by atoms with Crippen molar-refractivity contribution in [2.24, 2.45) is 0 Å². The summed E-state index contributed by atoms with van der Waals surface area (Å²) >= 11 is 0. The van der Waals surface area contributed by atoms with Crippen LogP contribution in [0, 0.1) is 0 Å². The SMILES string of the molecule is CCCCC/C=C\C/C=C\CCCCCCCC(=O)OCC(COC(=O)CCCCCCCCCCC)OC(=O)CCCCCCC/C=C\CCCCC. The molecular weight excluding hydrogens is 673 g/mol. The average molecular weight is 759 g/mol. The molecule has 0 aromatic carbocycles. The van der Waals surface area contributed by atoms with Crippen LogP contribution in [0.1, 0.15) is 233 Å². The van der Waals surface area contributed by atoms with Crippen molar-refractivity contribution in [3.8, 4) is 0 Å². The molecule has 6 heteroatoms. The molecular formula is C48H86O6. The van der Waals surface area contributed by atoms with Crippen molar-refractivity contribution >= 4 is 17.9 Å². The Morgan fingerprint density at radius 2 is 0.667 bits per heavy atom. The molecule has 0 aliphatic carbocycles. The van der Waals surface area contributed by atoms with E-state index in [2.05, 4.69) is 57.2 Å². The fraction of sp³-hybridized carbons (Fsp3) is 0.812. The molecule has 0 rings (SSSR count). The molecule has 0 aromatic rings. The summed E-state index contributed by atoms with van der Waals surface area (Å²) in [6, 6.07) is 0. The number of rotatable bonds is 41. The Hall–Kier alpha value is -2.37. The van der Waals surface area contributed by atoms with E-state index in [-0.39, 0.29) is 31.1 Å². The van der Waals surface area contributed by atoms with E-state index in [1.54, 1.807) is 0 Å². The number of unbranched alkanes of at least 4 members (excludes halogenated alkanes) is 24. The summed E-state index contributed by atoms with van der Waals surface area (Å²) in [5, 5.41) is 0. The predicted molar refractivity (Wildman–Crippen MR) is 229 cm³/mol. The van der Waals surface area contributed by atoms with E-state index in [0.717, 1.165) is 89.9 Å². The highest BCUT2D eigenvalue weighted by Gasteiger charge is 2.19. The lowest BCUT2D eigenvalue weighted by Crippen LogP contribution is -2.30. The molecule has 54 heavy (non-hydrogen) atoms. The zero-order valence-corrected chi connectivity index (χ0v) is 35.7. The standard InChI is InChI=1S/C48H86O6/c1-4-7-10-13-16-19-21-23-24-25-27-29-32-35-38-41-47(50)53-44-45(43-52-46(49)40-37-34-31-28-18-15-12-9-6-3)54-48(51)42-39-36-33-30-26-22-20-17-14-11-8-5-2/h16-17,19-20,23-24,45H,4-15,18,21-22,25-44H2,1-3H3/b19-16-,20-17-,24-23-. The van der Waals surface area contributed by atoms with Crippen LogP contribution >= 0.6 is 0 Å². The lowest BCUT2D eigenvalue weighted by Gasteiger charge is -2.18. The average Bonchev–Trinajstić information content (AvgIpc) is 3.17. The first-order chi connectivity index (χ1) is 26.5. The van der Waals surface area contributed by atoms with E-state index >= 15 is 0 Å². The minimum Gasteiger partial charge on any atom is -0.462 e. The van der Waals surface area contributed by atoms with E-state index in [0.29, 0.717) is 19.3 Å². The van der Waals surface area contributed by atoms with Gasteiger partial charge in [-0.1, -0.05) is 173 Å². The molecule has 0 bridgehead atoms. The van der Waals surface area contributed by atoms with E-state index < -0.39 is 6.10 Å². The molecule has 0 aliphatic rings. The van der Waals surface area contributed by atoms with Crippen molar-refractivity contribution in [2.45, 2.75) is 239 Å².